The highest BCUT2D eigenvalue weighted by Gasteiger charge is 2.51. The van der Waals surface area contributed by atoms with Crippen molar-refractivity contribution in [3.8, 4) is 0 Å². The van der Waals surface area contributed by atoms with Crippen LogP contribution in [0.4, 0.5) is 0 Å². The van der Waals surface area contributed by atoms with Gasteiger partial charge >= 0.3 is 5.97 Å². The molecule has 1 aliphatic heterocycles. The fourth-order valence-corrected chi connectivity index (χ4v) is 6.87. The summed E-state index contributed by atoms with van der Waals surface area (Å²) in [5.74, 6) is 1.76. The van der Waals surface area contributed by atoms with E-state index in [1.807, 2.05) is 0 Å². The van der Waals surface area contributed by atoms with Gasteiger partial charge in [0.1, 0.15) is 0 Å². The first-order chi connectivity index (χ1) is 13.0. The molecule has 0 aromatic carbocycles. The number of aliphatic carboxylic acids is 1. The first kappa shape index (κ1) is 19.3. The molecule has 0 atom stereocenters. The van der Waals surface area contributed by atoms with Crippen molar-refractivity contribution >= 4 is 5.97 Å². The number of carboxylic acids is 1. The second-order valence-corrected chi connectivity index (χ2v) is 10.3. The molecular weight excluding hydrogens is 340 g/mol. The number of ether oxygens (including phenoxy) is 2. The maximum absolute atomic E-state index is 11.9. The maximum Gasteiger partial charge on any atom is 0.334 e. The molecule has 1 saturated heterocycles. The summed E-state index contributed by atoms with van der Waals surface area (Å²) >= 11 is 0. The molecule has 27 heavy (non-hydrogen) atoms. The van der Waals surface area contributed by atoms with E-state index in [0.717, 1.165) is 37.4 Å². The molecule has 5 fully saturated rings. The predicted octanol–water partition coefficient (Wildman–Crippen LogP) is 5.17. The quantitative estimate of drug-likeness (QED) is 0.324. The van der Waals surface area contributed by atoms with E-state index in [1.54, 1.807) is 6.26 Å². The van der Waals surface area contributed by atoms with Crippen LogP contribution in [-0.2, 0) is 14.3 Å². The van der Waals surface area contributed by atoms with Crippen LogP contribution < -0.4 is 0 Å². The normalized spacial score (nSPS) is 36.5. The molecular formula is C23H36O4. The number of rotatable bonds is 10. The molecule has 4 saturated carbocycles. The molecule has 0 amide bonds. The summed E-state index contributed by atoms with van der Waals surface area (Å²) in [7, 11) is 0. The third kappa shape index (κ3) is 4.21. The van der Waals surface area contributed by atoms with Crippen LogP contribution in [0, 0.1) is 28.6 Å². The van der Waals surface area contributed by atoms with Crippen molar-refractivity contribution in [1.29, 1.82) is 0 Å². The van der Waals surface area contributed by atoms with Crippen LogP contribution in [0.5, 0.6) is 0 Å². The number of hydrogen-bond donors (Lipinski definition) is 1. The molecule has 1 N–H and O–H groups in total. The van der Waals surface area contributed by atoms with Crippen LogP contribution in [0.25, 0.3) is 0 Å². The summed E-state index contributed by atoms with van der Waals surface area (Å²) < 4.78 is 11.2. The topological polar surface area (TPSA) is 55.8 Å². The molecule has 5 rings (SSSR count). The van der Waals surface area contributed by atoms with Gasteiger partial charge in [-0.15, -0.1) is 0 Å². The van der Waals surface area contributed by atoms with Crippen LogP contribution in [-0.4, -0.2) is 30.9 Å². The minimum absolute atomic E-state index is 0.243. The van der Waals surface area contributed by atoms with Gasteiger partial charge in [0.05, 0.1) is 31.7 Å². The number of hydrogen-bond acceptors (Lipinski definition) is 3. The van der Waals surface area contributed by atoms with E-state index >= 15 is 0 Å². The molecule has 0 spiro atoms. The van der Waals surface area contributed by atoms with E-state index in [1.165, 1.54) is 57.8 Å². The Hall–Kier alpha value is -1.03. The highest BCUT2D eigenvalue weighted by atomic mass is 16.5. The van der Waals surface area contributed by atoms with Gasteiger partial charge < -0.3 is 14.6 Å². The lowest BCUT2D eigenvalue weighted by Gasteiger charge is -2.57. The van der Waals surface area contributed by atoms with Gasteiger partial charge in [0.2, 0.25) is 0 Å². The molecule has 0 aromatic rings. The van der Waals surface area contributed by atoms with Crippen molar-refractivity contribution in [2.45, 2.75) is 77.6 Å². The van der Waals surface area contributed by atoms with Crippen LogP contribution in [0.3, 0.4) is 0 Å². The minimum atomic E-state index is -0.793. The van der Waals surface area contributed by atoms with Crippen molar-refractivity contribution < 1.29 is 19.4 Å². The standard InChI is InChI=1S/C23H36O4/c1-2-3-4-22(15-27-16-22)5-6-26-14-20(21(24)25)13-23-10-17-7-18(11-23)9-19(8-17)12-23/h14,17-19H,2-13,15-16H2,1H3,(H,24,25). The minimum Gasteiger partial charge on any atom is -0.501 e. The van der Waals surface area contributed by atoms with Gasteiger partial charge in [0.15, 0.2) is 0 Å². The maximum atomic E-state index is 11.9. The van der Waals surface area contributed by atoms with E-state index in [2.05, 4.69) is 6.92 Å². The van der Waals surface area contributed by atoms with E-state index < -0.39 is 5.97 Å². The lowest BCUT2D eigenvalue weighted by molar-refractivity contribution is -0.134. The molecule has 4 heteroatoms. The Bertz CT molecular complexity index is 540. The third-order valence-corrected chi connectivity index (χ3v) is 7.86. The Morgan fingerprint density at radius 1 is 1.11 bits per heavy atom. The summed E-state index contributed by atoms with van der Waals surface area (Å²) in [6.07, 6.45) is 14.8. The fourth-order valence-electron chi connectivity index (χ4n) is 6.87. The average molecular weight is 377 g/mol. The van der Waals surface area contributed by atoms with Crippen LogP contribution in [0.2, 0.25) is 0 Å². The number of carboxylic acid groups (broad SMARTS) is 1. The summed E-state index contributed by atoms with van der Waals surface area (Å²) in [6, 6.07) is 0. The van der Waals surface area contributed by atoms with Crippen molar-refractivity contribution in [3.05, 3.63) is 11.8 Å². The summed E-state index contributed by atoms with van der Waals surface area (Å²) in [4.78, 5) is 11.9. The second kappa shape index (κ2) is 7.77. The highest BCUT2D eigenvalue weighted by molar-refractivity contribution is 5.86. The predicted molar refractivity (Wildman–Crippen MR) is 104 cm³/mol. The molecule has 4 nitrogen and oxygen atoms in total. The van der Waals surface area contributed by atoms with Gasteiger partial charge in [0.25, 0.3) is 0 Å². The lowest BCUT2D eigenvalue weighted by Crippen LogP contribution is -2.46. The fraction of sp³-hybridized carbons (Fsp3) is 0.870. The van der Waals surface area contributed by atoms with Gasteiger partial charge in [-0.25, -0.2) is 4.79 Å². The van der Waals surface area contributed by atoms with E-state index in [4.69, 9.17) is 9.47 Å². The first-order valence-corrected chi connectivity index (χ1v) is 11.1. The van der Waals surface area contributed by atoms with Gasteiger partial charge in [0, 0.05) is 5.41 Å². The largest absolute Gasteiger partial charge is 0.501 e. The molecule has 0 aromatic heterocycles. The lowest BCUT2D eigenvalue weighted by atomic mass is 9.48. The smallest absolute Gasteiger partial charge is 0.334 e. The van der Waals surface area contributed by atoms with Crippen molar-refractivity contribution in [2.75, 3.05) is 19.8 Å². The van der Waals surface area contributed by atoms with Gasteiger partial charge in [-0.2, -0.15) is 0 Å². The number of carbonyl (C=O) groups is 1. The Labute approximate surface area is 163 Å². The monoisotopic (exact) mass is 376 g/mol. The van der Waals surface area contributed by atoms with E-state index in [0.29, 0.717) is 18.6 Å². The first-order valence-electron chi connectivity index (χ1n) is 11.1. The Morgan fingerprint density at radius 2 is 1.74 bits per heavy atom. The van der Waals surface area contributed by atoms with Gasteiger partial charge in [-0.1, -0.05) is 19.8 Å². The number of unbranched alkanes of at least 4 members (excludes halogenated alkanes) is 1. The van der Waals surface area contributed by atoms with Crippen LogP contribution in [0.15, 0.2) is 11.8 Å². The molecule has 5 aliphatic rings. The van der Waals surface area contributed by atoms with Crippen molar-refractivity contribution in [2.24, 2.45) is 28.6 Å². The average Bonchev–Trinajstić information content (AvgIpc) is 2.57. The van der Waals surface area contributed by atoms with Crippen LogP contribution >= 0.6 is 0 Å². The Kier molecular flexibility index (Phi) is 5.55. The summed E-state index contributed by atoms with van der Waals surface area (Å²) in [5, 5.41) is 9.74. The van der Waals surface area contributed by atoms with E-state index in [-0.39, 0.29) is 10.8 Å². The zero-order valence-electron chi connectivity index (χ0n) is 16.9. The Morgan fingerprint density at radius 3 is 2.22 bits per heavy atom. The van der Waals surface area contributed by atoms with E-state index in [9.17, 15) is 9.90 Å². The summed E-state index contributed by atoms with van der Waals surface area (Å²) in [6.45, 7) is 4.49. The van der Waals surface area contributed by atoms with Crippen molar-refractivity contribution in [3.63, 3.8) is 0 Å². The molecule has 0 radical (unpaired) electrons. The zero-order valence-corrected chi connectivity index (χ0v) is 16.9. The third-order valence-electron chi connectivity index (χ3n) is 7.86. The van der Waals surface area contributed by atoms with Gasteiger partial charge in [-0.05, 0) is 81.0 Å². The molecule has 152 valence electrons. The molecule has 4 aliphatic carbocycles. The van der Waals surface area contributed by atoms with Crippen LogP contribution in [0.1, 0.15) is 77.6 Å². The van der Waals surface area contributed by atoms with Crippen molar-refractivity contribution in [1.82, 2.24) is 0 Å². The zero-order chi connectivity index (χ0) is 18.9. The Balaban J connectivity index is 1.32. The molecule has 1 heterocycles. The summed E-state index contributed by atoms with van der Waals surface area (Å²) in [5.41, 5.74) is 1.00. The molecule has 0 unspecified atom stereocenters. The highest BCUT2D eigenvalue weighted by Crippen LogP contribution is 2.62. The second-order valence-electron chi connectivity index (χ2n) is 10.3. The van der Waals surface area contributed by atoms with Gasteiger partial charge in [-0.3, -0.25) is 0 Å². The SMILES string of the molecule is CCCCC1(CCOC=C(CC23CC4CC(CC(C4)C2)C3)C(=O)O)COC1. The molecule has 4 bridgehead atoms.